The second-order valence-electron chi connectivity index (χ2n) is 11.1. The minimum absolute atomic E-state index is 0.267. The van der Waals surface area contributed by atoms with Crippen LogP contribution in [0.2, 0.25) is 0 Å². The molecule has 0 radical (unpaired) electrons. The normalized spacial score (nSPS) is 18.9. The van der Waals surface area contributed by atoms with Gasteiger partial charge in [-0.15, -0.1) is 0 Å². The molecule has 3 heterocycles. The van der Waals surface area contributed by atoms with Crippen molar-refractivity contribution < 1.29 is 14.4 Å². The Hall–Kier alpha value is -4.39. The van der Waals surface area contributed by atoms with E-state index in [9.17, 15) is 14.4 Å². The number of unbranched alkanes of at least 4 members (excludes halogenated alkanes) is 1. The molecule has 0 bridgehead atoms. The third kappa shape index (κ3) is 4.69. The van der Waals surface area contributed by atoms with E-state index in [1.54, 1.807) is 29.2 Å². The number of nitrogens with zero attached hydrogens (tertiary/aromatic N) is 2. The molecule has 1 fully saturated rings. The van der Waals surface area contributed by atoms with Gasteiger partial charge in [-0.2, -0.15) is 0 Å². The fourth-order valence-corrected chi connectivity index (χ4v) is 6.41. The SMILES string of the molecule is CCCC[C@@H](CC)CNC(=O)c1ccccc1N1C(=O)[C@@H]2Cc3c([nH]c4ccccc34)[C@H](c3ccccc3)N2C1=O. The summed E-state index contributed by atoms with van der Waals surface area (Å²) in [5.74, 6) is -0.177. The highest BCUT2D eigenvalue weighted by Gasteiger charge is 2.53. The number of fused-ring (bicyclic) bond motifs is 4. The second-order valence-corrected chi connectivity index (χ2v) is 11.1. The van der Waals surface area contributed by atoms with Crippen LogP contribution in [0, 0.1) is 5.92 Å². The van der Waals surface area contributed by atoms with Crippen molar-refractivity contribution in [3.05, 3.63) is 101 Å². The lowest BCUT2D eigenvalue weighted by Crippen LogP contribution is -2.44. The lowest BCUT2D eigenvalue weighted by Gasteiger charge is -2.36. The summed E-state index contributed by atoms with van der Waals surface area (Å²) in [7, 11) is 0. The molecular formula is C34H36N4O3. The molecule has 1 aromatic heterocycles. The molecule has 4 aromatic rings. The van der Waals surface area contributed by atoms with Crippen molar-refractivity contribution in [2.75, 3.05) is 11.4 Å². The van der Waals surface area contributed by atoms with E-state index in [0.717, 1.165) is 53.4 Å². The van der Waals surface area contributed by atoms with Gasteiger partial charge in [-0.05, 0) is 41.7 Å². The van der Waals surface area contributed by atoms with E-state index < -0.39 is 18.1 Å². The van der Waals surface area contributed by atoms with Gasteiger partial charge in [0.15, 0.2) is 0 Å². The topological polar surface area (TPSA) is 85.5 Å². The Labute approximate surface area is 240 Å². The van der Waals surface area contributed by atoms with Crippen LogP contribution in [0.1, 0.15) is 72.8 Å². The number of H-pyrrole nitrogens is 1. The van der Waals surface area contributed by atoms with E-state index in [2.05, 4.69) is 30.2 Å². The first-order valence-corrected chi connectivity index (χ1v) is 14.7. The van der Waals surface area contributed by atoms with E-state index in [1.165, 1.54) is 4.90 Å². The highest BCUT2D eigenvalue weighted by atomic mass is 16.2. The number of urea groups is 1. The first-order chi connectivity index (χ1) is 20.0. The Balaban J connectivity index is 1.36. The van der Waals surface area contributed by atoms with Crippen molar-refractivity contribution >= 4 is 34.4 Å². The number of aromatic nitrogens is 1. The molecule has 2 aliphatic rings. The largest absolute Gasteiger partial charge is 0.356 e. The van der Waals surface area contributed by atoms with Gasteiger partial charge in [-0.1, -0.05) is 93.8 Å². The van der Waals surface area contributed by atoms with Crippen LogP contribution in [0.15, 0.2) is 78.9 Å². The lowest BCUT2D eigenvalue weighted by atomic mass is 9.89. The monoisotopic (exact) mass is 548 g/mol. The number of carbonyl (C=O) groups is 3. The first-order valence-electron chi connectivity index (χ1n) is 14.7. The highest BCUT2D eigenvalue weighted by molar-refractivity contribution is 6.24. The molecule has 41 heavy (non-hydrogen) atoms. The molecule has 210 valence electrons. The maximum Gasteiger partial charge on any atom is 0.332 e. The molecular weight excluding hydrogens is 512 g/mol. The van der Waals surface area contributed by atoms with Crippen LogP contribution in [0.4, 0.5) is 10.5 Å². The summed E-state index contributed by atoms with van der Waals surface area (Å²) in [5, 5.41) is 4.14. The van der Waals surface area contributed by atoms with Crippen LogP contribution in [0.3, 0.4) is 0 Å². The number of rotatable bonds is 9. The summed E-state index contributed by atoms with van der Waals surface area (Å²) < 4.78 is 0. The van der Waals surface area contributed by atoms with Crippen LogP contribution in [0.5, 0.6) is 0 Å². The number of aromatic amines is 1. The number of benzene rings is 3. The van der Waals surface area contributed by atoms with Crippen molar-refractivity contribution in [1.29, 1.82) is 0 Å². The van der Waals surface area contributed by atoms with Gasteiger partial charge in [0.2, 0.25) is 0 Å². The number of hydrogen-bond acceptors (Lipinski definition) is 3. The van der Waals surface area contributed by atoms with Crippen LogP contribution in [0.25, 0.3) is 10.9 Å². The molecule has 2 aliphatic heterocycles. The van der Waals surface area contributed by atoms with Crippen LogP contribution < -0.4 is 10.2 Å². The smallest absolute Gasteiger partial charge is 0.332 e. The summed E-state index contributed by atoms with van der Waals surface area (Å²) in [4.78, 5) is 48.3. The zero-order valence-electron chi connectivity index (χ0n) is 23.6. The molecule has 0 saturated carbocycles. The maximum absolute atomic E-state index is 14.3. The molecule has 7 heteroatoms. The number of amides is 4. The Morgan fingerprint density at radius 2 is 1.71 bits per heavy atom. The minimum atomic E-state index is -0.672. The molecule has 0 spiro atoms. The van der Waals surface area contributed by atoms with Gasteiger partial charge in [0.25, 0.3) is 11.8 Å². The number of nitrogens with one attached hydrogen (secondary N) is 2. The summed E-state index contributed by atoms with van der Waals surface area (Å²) >= 11 is 0. The van der Waals surface area contributed by atoms with Gasteiger partial charge in [0.05, 0.1) is 11.3 Å². The van der Waals surface area contributed by atoms with E-state index in [4.69, 9.17) is 0 Å². The molecule has 0 unspecified atom stereocenters. The Morgan fingerprint density at radius 1 is 0.976 bits per heavy atom. The van der Waals surface area contributed by atoms with Crippen molar-refractivity contribution in [2.45, 2.75) is 58.0 Å². The number of imide groups is 1. The predicted octanol–water partition coefficient (Wildman–Crippen LogP) is 6.60. The molecule has 3 atom stereocenters. The van der Waals surface area contributed by atoms with E-state index in [0.29, 0.717) is 30.1 Å². The molecule has 7 nitrogen and oxygen atoms in total. The first kappa shape index (κ1) is 26.8. The molecule has 0 aliphatic carbocycles. The van der Waals surface area contributed by atoms with Crippen LogP contribution in [-0.2, 0) is 11.2 Å². The highest BCUT2D eigenvalue weighted by Crippen LogP contribution is 2.45. The van der Waals surface area contributed by atoms with Crippen molar-refractivity contribution in [3.8, 4) is 0 Å². The fraction of sp³-hybridized carbons (Fsp3) is 0.324. The van der Waals surface area contributed by atoms with Gasteiger partial charge >= 0.3 is 6.03 Å². The molecule has 6 rings (SSSR count). The molecule has 3 aromatic carbocycles. The zero-order valence-corrected chi connectivity index (χ0v) is 23.6. The quantitative estimate of drug-likeness (QED) is 0.231. The van der Waals surface area contributed by atoms with Crippen molar-refractivity contribution in [1.82, 2.24) is 15.2 Å². The van der Waals surface area contributed by atoms with Crippen molar-refractivity contribution in [2.24, 2.45) is 5.92 Å². The summed E-state index contributed by atoms with van der Waals surface area (Å²) in [6.45, 7) is 4.87. The molecule has 1 saturated heterocycles. The standard InChI is InChI=1S/C34H36N4O3/c1-3-5-13-22(4-2)21-35-32(39)25-17-10-12-19-28(25)38-33(40)29-20-26-24-16-9-11-18-27(24)36-30(26)31(37(29)34(38)41)23-14-7-6-8-15-23/h6-12,14-19,22,29,31,36H,3-5,13,20-21H2,1-2H3,(H,35,39)/t22-,29+,31+/m1/s1. The number of carbonyl (C=O) groups excluding carboxylic acids is 3. The van der Waals surface area contributed by atoms with E-state index >= 15 is 0 Å². The van der Waals surface area contributed by atoms with Gasteiger partial charge in [0.1, 0.15) is 12.1 Å². The predicted molar refractivity (Wildman–Crippen MR) is 161 cm³/mol. The third-order valence-electron chi connectivity index (χ3n) is 8.65. The molecule has 4 amide bonds. The average molecular weight is 549 g/mol. The Morgan fingerprint density at radius 3 is 2.49 bits per heavy atom. The van der Waals surface area contributed by atoms with Gasteiger partial charge in [0, 0.05) is 29.6 Å². The maximum atomic E-state index is 14.3. The fourth-order valence-electron chi connectivity index (χ4n) is 6.41. The van der Waals surface area contributed by atoms with E-state index in [-0.39, 0.29) is 11.8 Å². The van der Waals surface area contributed by atoms with E-state index in [1.807, 2.05) is 48.5 Å². The van der Waals surface area contributed by atoms with Gasteiger partial charge < -0.3 is 10.3 Å². The Bertz CT molecular complexity index is 1590. The summed E-state index contributed by atoms with van der Waals surface area (Å²) in [5.41, 5.74) is 4.57. The average Bonchev–Trinajstić information content (AvgIpc) is 3.50. The number of hydrogen-bond donors (Lipinski definition) is 2. The van der Waals surface area contributed by atoms with Crippen molar-refractivity contribution in [3.63, 3.8) is 0 Å². The third-order valence-corrected chi connectivity index (χ3v) is 8.65. The lowest BCUT2D eigenvalue weighted by molar-refractivity contribution is -0.120. The summed E-state index contributed by atoms with van der Waals surface area (Å²) in [6.07, 6.45) is 4.70. The zero-order chi connectivity index (χ0) is 28.5. The molecule has 2 N–H and O–H groups in total. The summed E-state index contributed by atoms with van der Waals surface area (Å²) in [6, 6.07) is 23.3. The van der Waals surface area contributed by atoms with Gasteiger partial charge in [-0.3, -0.25) is 14.5 Å². The van der Waals surface area contributed by atoms with Gasteiger partial charge in [-0.25, -0.2) is 9.69 Å². The number of anilines is 1. The van der Waals surface area contributed by atoms with Crippen LogP contribution in [-0.4, -0.2) is 40.3 Å². The van der Waals surface area contributed by atoms with Crippen LogP contribution >= 0.6 is 0 Å². The Kier molecular flexibility index (Phi) is 7.35. The minimum Gasteiger partial charge on any atom is -0.356 e. The number of para-hydroxylation sites is 2. The second kappa shape index (κ2) is 11.2.